The fourth-order valence-electron chi connectivity index (χ4n) is 2.80. The van der Waals surface area contributed by atoms with Crippen molar-refractivity contribution in [2.45, 2.75) is 20.0 Å². The minimum atomic E-state index is -0.294. The molecule has 0 aliphatic rings. The summed E-state index contributed by atoms with van der Waals surface area (Å²) in [6, 6.07) is 15.1. The molecule has 4 rings (SSSR count). The van der Waals surface area contributed by atoms with Crippen LogP contribution >= 0.6 is 0 Å². The van der Waals surface area contributed by atoms with E-state index < -0.39 is 0 Å². The van der Waals surface area contributed by atoms with Crippen LogP contribution in [0.3, 0.4) is 0 Å². The lowest BCUT2D eigenvalue weighted by Gasteiger charge is -2.02. The van der Waals surface area contributed by atoms with Crippen molar-refractivity contribution < 1.29 is 14.1 Å². The van der Waals surface area contributed by atoms with Crippen LogP contribution in [0, 0.1) is 6.92 Å². The van der Waals surface area contributed by atoms with E-state index in [4.69, 9.17) is 9.26 Å². The average Bonchev–Trinajstić information content (AvgIpc) is 3.44. The van der Waals surface area contributed by atoms with Crippen molar-refractivity contribution in [3.63, 3.8) is 0 Å². The molecule has 4 aromatic rings. The zero-order valence-electron chi connectivity index (χ0n) is 16.5. The summed E-state index contributed by atoms with van der Waals surface area (Å²) in [5.74, 6) is 0.793. The van der Waals surface area contributed by atoms with Crippen molar-refractivity contribution >= 4 is 5.91 Å². The number of amides is 1. The first-order valence-corrected chi connectivity index (χ1v) is 9.55. The lowest BCUT2D eigenvalue weighted by Crippen LogP contribution is -2.25. The van der Waals surface area contributed by atoms with E-state index in [-0.39, 0.29) is 18.2 Å². The van der Waals surface area contributed by atoms with Crippen molar-refractivity contribution in [3.8, 4) is 11.4 Å². The number of carbonyl (C=O) groups is 1. The molecule has 0 bridgehead atoms. The van der Waals surface area contributed by atoms with Crippen LogP contribution in [0.15, 0.2) is 71.6 Å². The molecular weight excluding hydrogens is 382 g/mol. The molecule has 0 saturated heterocycles. The summed E-state index contributed by atoms with van der Waals surface area (Å²) in [6.45, 7) is 2.54. The normalized spacial score (nSPS) is 10.7. The maximum absolute atomic E-state index is 12.3. The Morgan fingerprint density at radius 2 is 2.03 bits per heavy atom. The van der Waals surface area contributed by atoms with Gasteiger partial charge in [0.1, 0.15) is 12.4 Å². The summed E-state index contributed by atoms with van der Waals surface area (Å²) in [4.78, 5) is 16.4. The number of para-hydroxylation sites is 1. The summed E-state index contributed by atoms with van der Waals surface area (Å²) in [7, 11) is 0. The Morgan fingerprint density at radius 3 is 2.83 bits per heavy atom. The second kappa shape index (κ2) is 9.04. The van der Waals surface area contributed by atoms with Gasteiger partial charge in [-0.05, 0) is 43.2 Å². The van der Waals surface area contributed by atoms with E-state index in [0.29, 0.717) is 24.5 Å². The largest absolute Gasteiger partial charge is 0.484 e. The predicted octanol–water partition coefficient (Wildman–Crippen LogP) is 3.12. The number of nitrogens with one attached hydrogen (secondary N) is 1. The zero-order chi connectivity index (χ0) is 20.8. The lowest BCUT2D eigenvalue weighted by molar-refractivity contribution is 0.0944. The van der Waals surface area contributed by atoms with Crippen LogP contribution < -0.4 is 10.1 Å². The topological polar surface area (TPSA) is 95.1 Å². The standard InChI is InChI=1S/C22H21N5O3/c1-16-7-8-19(13-24-16)29-15-20-11-21(26-30-20)22(28)23-10-9-17-12-25-27(14-17)18-5-3-2-4-6-18/h2-8,11-14H,9-10,15H2,1H3,(H,23,28). The Morgan fingerprint density at radius 1 is 1.17 bits per heavy atom. The van der Waals surface area contributed by atoms with Crippen LogP contribution in [0.4, 0.5) is 0 Å². The summed E-state index contributed by atoms with van der Waals surface area (Å²) in [5.41, 5.74) is 3.15. The lowest BCUT2D eigenvalue weighted by atomic mass is 10.2. The molecule has 0 unspecified atom stereocenters. The third kappa shape index (κ3) is 4.91. The molecule has 3 aromatic heterocycles. The van der Waals surface area contributed by atoms with Crippen molar-refractivity contribution in [2.24, 2.45) is 0 Å². The highest BCUT2D eigenvalue weighted by atomic mass is 16.5. The van der Waals surface area contributed by atoms with E-state index >= 15 is 0 Å². The quantitative estimate of drug-likeness (QED) is 0.486. The highest BCUT2D eigenvalue weighted by Crippen LogP contribution is 2.13. The molecule has 8 heteroatoms. The summed E-state index contributed by atoms with van der Waals surface area (Å²) >= 11 is 0. The molecule has 0 atom stereocenters. The van der Waals surface area contributed by atoms with Gasteiger partial charge in [-0.15, -0.1) is 0 Å². The first kappa shape index (κ1) is 19.4. The predicted molar refractivity (Wildman–Crippen MR) is 109 cm³/mol. The van der Waals surface area contributed by atoms with Gasteiger partial charge in [-0.1, -0.05) is 23.4 Å². The van der Waals surface area contributed by atoms with E-state index in [1.807, 2.05) is 60.3 Å². The number of ether oxygens (including phenoxy) is 1. The molecule has 0 aliphatic heterocycles. The first-order chi connectivity index (χ1) is 14.7. The molecule has 0 radical (unpaired) electrons. The number of aryl methyl sites for hydroxylation is 1. The second-order valence-corrected chi connectivity index (χ2v) is 6.74. The molecule has 0 saturated carbocycles. The van der Waals surface area contributed by atoms with Gasteiger partial charge in [0.25, 0.3) is 5.91 Å². The molecule has 0 aliphatic carbocycles. The highest BCUT2D eigenvalue weighted by molar-refractivity contribution is 5.92. The molecule has 1 amide bonds. The van der Waals surface area contributed by atoms with Crippen molar-refractivity contribution in [3.05, 3.63) is 89.8 Å². The molecule has 30 heavy (non-hydrogen) atoms. The Bertz CT molecular complexity index is 1100. The molecule has 1 aromatic carbocycles. The fraction of sp³-hybridized carbons (Fsp3) is 0.182. The van der Waals surface area contributed by atoms with Crippen LogP contribution in [0.1, 0.15) is 27.5 Å². The third-order valence-corrected chi connectivity index (χ3v) is 4.41. The maximum Gasteiger partial charge on any atom is 0.273 e. The minimum absolute atomic E-state index is 0.170. The average molecular weight is 403 g/mol. The van der Waals surface area contributed by atoms with Crippen molar-refractivity contribution in [1.29, 1.82) is 0 Å². The van der Waals surface area contributed by atoms with Crippen LogP contribution in [-0.2, 0) is 13.0 Å². The van der Waals surface area contributed by atoms with Crippen molar-refractivity contribution in [1.82, 2.24) is 25.2 Å². The number of rotatable bonds is 8. The zero-order valence-corrected chi connectivity index (χ0v) is 16.5. The second-order valence-electron chi connectivity index (χ2n) is 6.74. The third-order valence-electron chi connectivity index (χ3n) is 4.41. The molecule has 1 N–H and O–H groups in total. The number of pyridine rings is 1. The van der Waals surface area contributed by atoms with Gasteiger partial charge < -0.3 is 14.6 Å². The highest BCUT2D eigenvalue weighted by Gasteiger charge is 2.13. The number of benzene rings is 1. The molecule has 8 nitrogen and oxygen atoms in total. The molecule has 3 heterocycles. The van der Waals surface area contributed by atoms with E-state index in [1.54, 1.807) is 18.5 Å². The van der Waals surface area contributed by atoms with Crippen LogP contribution in [-0.4, -0.2) is 32.4 Å². The Balaban J connectivity index is 1.25. The number of nitrogens with zero attached hydrogens (tertiary/aromatic N) is 4. The molecule has 0 fully saturated rings. The van der Waals surface area contributed by atoms with Crippen LogP contribution in [0.5, 0.6) is 5.75 Å². The van der Waals surface area contributed by atoms with Crippen LogP contribution in [0.2, 0.25) is 0 Å². The van der Waals surface area contributed by atoms with Gasteiger partial charge in [-0.3, -0.25) is 9.78 Å². The number of hydrogen-bond acceptors (Lipinski definition) is 6. The SMILES string of the molecule is Cc1ccc(OCc2cc(C(=O)NCCc3cnn(-c4ccccc4)c3)no2)cn1. The number of hydrogen-bond donors (Lipinski definition) is 1. The number of carbonyl (C=O) groups excluding carboxylic acids is 1. The molecular formula is C22H21N5O3. The van der Waals surface area contributed by atoms with Gasteiger partial charge in [0.05, 0.1) is 18.1 Å². The van der Waals surface area contributed by atoms with Gasteiger partial charge in [0.15, 0.2) is 11.5 Å². The van der Waals surface area contributed by atoms with E-state index in [9.17, 15) is 4.79 Å². The Hall–Kier alpha value is -3.94. The summed E-state index contributed by atoms with van der Waals surface area (Å²) in [6.07, 6.45) is 6.05. The van der Waals surface area contributed by atoms with Gasteiger partial charge in [-0.25, -0.2) is 4.68 Å². The summed E-state index contributed by atoms with van der Waals surface area (Å²) in [5, 5.41) is 11.0. The molecule has 152 valence electrons. The Labute approximate surface area is 173 Å². The van der Waals surface area contributed by atoms with Gasteiger partial charge in [0.2, 0.25) is 0 Å². The van der Waals surface area contributed by atoms with Crippen molar-refractivity contribution in [2.75, 3.05) is 6.54 Å². The van der Waals surface area contributed by atoms with Gasteiger partial charge >= 0.3 is 0 Å². The fourth-order valence-corrected chi connectivity index (χ4v) is 2.80. The summed E-state index contributed by atoms with van der Waals surface area (Å²) < 4.78 is 12.6. The van der Waals surface area contributed by atoms with Crippen LogP contribution in [0.25, 0.3) is 5.69 Å². The van der Waals surface area contributed by atoms with Gasteiger partial charge in [-0.2, -0.15) is 5.10 Å². The minimum Gasteiger partial charge on any atom is -0.484 e. The monoisotopic (exact) mass is 403 g/mol. The maximum atomic E-state index is 12.3. The molecule has 0 spiro atoms. The Kier molecular flexibility index (Phi) is 5.84. The van der Waals surface area contributed by atoms with E-state index in [0.717, 1.165) is 16.9 Å². The van der Waals surface area contributed by atoms with Gasteiger partial charge in [0, 0.05) is 24.5 Å². The van der Waals surface area contributed by atoms with E-state index in [1.165, 1.54) is 0 Å². The first-order valence-electron chi connectivity index (χ1n) is 9.55. The number of aromatic nitrogens is 4. The smallest absolute Gasteiger partial charge is 0.273 e. The van der Waals surface area contributed by atoms with E-state index in [2.05, 4.69) is 20.6 Å².